The SMILES string of the molecule is COCCNC(=O)C(c1cccs1)N(CC1CCCO1)C(=O)Cn1nnc2ccccc21. The molecule has 0 saturated carbocycles. The second kappa shape index (κ2) is 10.7. The summed E-state index contributed by atoms with van der Waals surface area (Å²) in [6, 6.07) is 10.5. The topological polar surface area (TPSA) is 98.6 Å². The molecule has 2 unspecified atom stereocenters. The molecule has 1 aliphatic rings. The molecule has 1 aromatic carbocycles. The van der Waals surface area contributed by atoms with E-state index >= 15 is 0 Å². The zero-order valence-corrected chi connectivity index (χ0v) is 18.8. The quantitative estimate of drug-likeness (QED) is 0.468. The molecule has 170 valence electrons. The van der Waals surface area contributed by atoms with Crippen molar-refractivity contribution in [2.75, 3.05) is 33.4 Å². The Balaban J connectivity index is 1.62. The number of fused-ring (bicyclic) bond motifs is 1. The largest absolute Gasteiger partial charge is 0.383 e. The van der Waals surface area contributed by atoms with Gasteiger partial charge in [0, 0.05) is 31.7 Å². The monoisotopic (exact) mass is 457 g/mol. The molecule has 2 amide bonds. The Kier molecular flexibility index (Phi) is 7.46. The van der Waals surface area contributed by atoms with Crippen LogP contribution in [0.2, 0.25) is 0 Å². The van der Waals surface area contributed by atoms with Gasteiger partial charge >= 0.3 is 0 Å². The van der Waals surface area contributed by atoms with E-state index in [4.69, 9.17) is 9.47 Å². The maximum atomic E-state index is 13.6. The zero-order valence-electron chi connectivity index (χ0n) is 18.0. The summed E-state index contributed by atoms with van der Waals surface area (Å²) in [6.07, 6.45) is 1.71. The first-order valence-corrected chi connectivity index (χ1v) is 11.5. The number of hydrogen-bond acceptors (Lipinski definition) is 7. The molecule has 2 atom stereocenters. The second-order valence-electron chi connectivity index (χ2n) is 7.62. The second-order valence-corrected chi connectivity index (χ2v) is 8.60. The summed E-state index contributed by atoms with van der Waals surface area (Å²) in [4.78, 5) is 29.2. The number of nitrogens with one attached hydrogen (secondary N) is 1. The first-order chi connectivity index (χ1) is 15.7. The normalized spacial score (nSPS) is 16.8. The van der Waals surface area contributed by atoms with Crippen LogP contribution < -0.4 is 5.32 Å². The number of methoxy groups -OCH3 is 1. The molecule has 1 aliphatic heterocycles. The number of carbonyl (C=O) groups is 2. The van der Waals surface area contributed by atoms with Crippen LogP contribution in [0.15, 0.2) is 41.8 Å². The summed E-state index contributed by atoms with van der Waals surface area (Å²) in [5, 5.41) is 13.1. The van der Waals surface area contributed by atoms with Crippen molar-refractivity contribution >= 4 is 34.2 Å². The zero-order chi connectivity index (χ0) is 22.3. The van der Waals surface area contributed by atoms with Crippen molar-refractivity contribution < 1.29 is 19.1 Å². The van der Waals surface area contributed by atoms with E-state index in [2.05, 4.69) is 15.6 Å². The van der Waals surface area contributed by atoms with E-state index in [1.165, 1.54) is 11.3 Å². The fourth-order valence-corrected chi connectivity index (χ4v) is 4.69. The number of para-hydroxylation sites is 1. The molecule has 0 aliphatic carbocycles. The van der Waals surface area contributed by atoms with Crippen molar-refractivity contribution in [1.29, 1.82) is 0 Å². The fourth-order valence-electron chi connectivity index (χ4n) is 3.86. The van der Waals surface area contributed by atoms with E-state index in [1.807, 2.05) is 41.8 Å². The van der Waals surface area contributed by atoms with Gasteiger partial charge in [0.25, 0.3) is 0 Å². The molecular weight excluding hydrogens is 430 g/mol. The van der Waals surface area contributed by atoms with Gasteiger partial charge in [-0.3, -0.25) is 9.59 Å². The Hall–Kier alpha value is -2.82. The van der Waals surface area contributed by atoms with Crippen molar-refractivity contribution in [3.8, 4) is 0 Å². The van der Waals surface area contributed by atoms with Crippen LogP contribution in [0.5, 0.6) is 0 Å². The predicted octanol–water partition coefficient (Wildman–Crippen LogP) is 2.00. The van der Waals surface area contributed by atoms with Crippen molar-refractivity contribution in [3.63, 3.8) is 0 Å². The van der Waals surface area contributed by atoms with Gasteiger partial charge in [0.2, 0.25) is 11.8 Å². The van der Waals surface area contributed by atoms with Crippen molar-refractivity contribution in [3.05, 3.63) is 46.7 Å². The van der Waals surface area contributed by atoms with Gasteiger partial charge in [0.15, 0.2) is 0 Å². The summed E-state index contributed by atoms with van der Waals surface area (Å²) in [5.41, 5.74) is 1.49. The lowest BCUT2D eigenvalue weighted by Gasteiger charge is -2.32. The summed E-state index contributed by atoms with van der Waals surface area (Å²) in [7, 11) is 1.58. The molecule has 1 saturated heterocycles. The lowest BCUT2D eigenvalue weighted by Crippen LogP contribution is -2.48. The minimum atomic E-state index is -0.752. The standard InChI is InChI=1S/C22H27N5O4S/c1-30-12-10-23-22(29)21(19-9-5-13-32-19)26(14-16-6-4-11-31-16)20(28)15-27-18-8-3-2-7-17(18)24-25-27/h2-3,5,7-9,13,16,21H,4,6,10-12,14-15H2,1H3,(H,23,29). The van der Waals surface area contributed by atoms with E-state index in [9.17, 15) is 9.59 Å². The van der Waals surface area contributed by atoms with E-state index < -0.39 is 6.04 Å². The van der Waals surface area contributed by atoms with Gasteiger partial charge < -0.3 is 19.7 Å². The van der Waals surface area contributed by atoms with Gasteiger partial charge in [-0.1, -0.05) is 23.4 Å². The van der Waals surface area contributed by atoms with Crippen LogP contribution in [-0.2, 0) is 25.6 Å². The average Bonchev–Trinajstić information content (AvgIpc) is 3.57. The fraction of sp³-hybridized carbons (Fsp3) is 0.455. The van der Waals surface area contributed by atoms with Crippen LogP contribution in [-0.4, -0.2) is 71.2 Å². The smallest absolute Gasteiger partial charge is 0.248 e. The molecule has 3 heterocycles. The molecule has 0 bridgehead atoms. The van der Waals surface area contributed by atoms with E-state index in [0.29, 0.717) is 26.3 Å². The highest BCUT2D eigenvalue weighted by atomic mass is 32.1. The Labute approximate surface area is 190 Å². The molecule has 0 radical (unpaired) electrons. The van der Waals surface area contributed by atoms with Crippen LogP contribution in [0.1, 0.15) is 23.8 Å². The molecule has 2 aromatic heterocycles. The molecule has 4 rings (SSSR count). The van der Waals surface area contributed by atoms with Gasteiger partial charge in [0.1, 0.15) is 18.1 Å². The van der Waals surface area contributed by atoms with Gasteiger partial charge in [-0.15, -0.1) is 16.4 Å². The maximum absolute atomic E-state index is 13.6. The highest BCUT2D eigenvalue weighted by Gasteiger charge is 2.35. The Bertz CT molecular complexity index is 1030. The predicted molar refractivity (Wildman–Crippen MR) is 120 cm³/mol. The summed E-state index contributed by atoms with van der Waals surface area (Å²) in [6.45, 7) is 1.76. The highest BCUT2D eigenvalue weighted by Crippen LogP contribution is 2.28. The number of amides is 2. The maximum Gasteiger partial charge on any atom is 0.248 e. The van der Waals surface area contributed by atoms with Crippen LogP contribution in [0.25, 0.3) is 11.0 Å². The summed E-state index contributed by atoms with van der Waals surface area (Å²) >= 11 is 1.45. The lowest BCUT2D eigenvalue weighted by molar-refractivity contribution is -0.143. The molecule has 1 N–H and O–H groups in total. The number of carbonyl (C=O) groups excluding carboxylic acids is 2. The van der Waals surface area contributed by atoms with E-state index in [0.717, 1.165) is 28.8 Å². The van der Waals surface area contributed by atoms with Crippen LogP contribution in [0.4, 0.5) is 0 Å². The highest BCUT2D eigenvalue weighted by molar-refractivity contribution is 7.10. The number of thiophene rings is 1. The minimum absolute atomic E-state index is 0.0134. The van der Waals surface area contributed by atoms with Crippen LogP contribution in [0.3, 0.4) is 0 Å². The van der Waals surface area contributed by atoms with E-state index in [1.54, 1.807) is 16.7 Å². The third-order valence-corrected chi connectivity index (χ3v) is 6.35. The first kappa shape index (κ1) is 22.4. The van der Waals surface area contributed by atoms with Crippen LogP contribution >= 0.6 is 11.3 Å². The minimum Gasteiger partial charge on any atom is -0.383 e. The molecular formula is C22H27N5O4S. The number of nitrogens with zero attached hydrogens (tertiary/aromatic N) is 4. The Morgan fingerprint density at radius 1 is 1.34 bits per heavy atom. The third kappa shape index (κ3) is 5.14. The van der Waals surface area contributed by atoms with Crippen molar-refractivity contribution in [2.24, 2.45) is 0 Å². The van der Waals surface area contributed by atoms with Crippen molar-refractivity contribution in [2.45, 2.75) is 31.5 Å². The molecule has 1 fully saturated rings. The average molecular weight is 458 g/mol. The number of aromatic nitrogens is 3. The molecule has 9 nitrogen and oxygen atoms in total. The number of rotatable bonds is 10. The molecule has 10 heteroatoms. The number of ether oxygens (including phenoxy) is 2. The molecule has 0 spiro atoms. The van der Waals surface area contributed by atoms with Gasteiger partial charge in [-0.05, 0) is 36.4 Å². The Morgan fingerprint density at radius 3 is 2.97 bits per heavy atom. The molecule has 32 heavy (non-hydrogen) atoms. The number of hydrogen-bond donors (Lipinski definition) is 1. The lowest BCUT2D eigenvalue weighted by atomic mass is 10.1. The first-order valence-electron chi connectivity index (χ1n) is 10.7. The van der Waals surface area contributed by atoms with Crippen molar-refractivity contribution in [1.82, 2.24) is 25.2 Å². The van der Waals surface area contributed by atoms with Gasteiger partial charge in [-0.2, -0.15) is 0 Å². The van der Waals surface area contributed by atoms with Gasteiger partial charge in [-0.25, -0.2) is 4.68 Å². The summed E-state index contributed by atoms with van der Waals surface area (Å²) < 4.78 is 12.4. The summed E-state index contributed by atoms with van der Waals surface area (Å²) in [5.74, 6) is -0.448. The van der Waals surface area contributed by atoms with Gasteiger partial charge in [0.05, 0.1) is 18.2 Å². The Morgan fingerprint density at radius 2 is 2.22 bits per heavy atom. The third-order valence-electron chi connectivity index (χ3n) is 5.43. The van der Waals surface area contributed by atoms with E-state index in [-0.39, 0.29) is 24.5 Å². The molecule has 3 aromatic rings. The van der Waals surface area contributed by atoms with Crippen LogP contribution in [0, 0.1) is 0 Å². The number of benzene rings is 1.